The van der Waals surface area contributed by atoms with Crippen LogP contribution in [-0.4, -0.2) is 17.5 Å². The molecule has 22 heavy (non-hydrogen) atoms. The van der Waals surface area contributed by atoms with Crippen molar-refractivity contribution in [3.8, 4) is 5.75 Å². The molecular formula is C16H13ClN2O2S. The van der Waals surface area contributed by atoms with Gasteiger partial charge in [0.1, 0.15) is 11.3 Å². The minimum absolute atomic E-state index is 0.0569. The second-order valence-corrected chi connectivity index (χ2v) is 6.03. The van der Waals surface area contributed by atoms with Crippen LogP contribution in [0.15, 0.2) is 48.0 Å². The Kier molecular flexibility index (Phi) is 4.56. The molecule has 0 aliphatic rings. The van der Waals surface area contributed by atoms with Gasteiger partial charge < -0.3 is 10.1 Å². The Morgan fingerprint density at radius 2 is 2.18 bits per heavy atom. The number of rotatable bonds is 5. The standard InChI is InChI=1S/C16H13ClN2O2S/c17-13-5-6-14(16-12(13)4-1-7-18-16)21-10-15(20)19-9-11-3-2-8-22-11/h1-8H,9-10H2,(H,19,20). The zero-order valence-electron chi connectivity index (χ0n) is 11.6. The summed E-state index contributed by atoms with van der Waals surface area (Å²) >= 11 is 7.73. The third-order valence-corrected chi connectivity index (χ3v) is 4.28. The third-order valence-electron chi connectivity index (χ3n) is 3.08. The van der Waals surface area contributed by atoms with Crippen molar-refractivity contribution < 1.29 is 9.53 Å². The number of ether oxygens (including phenoxy) is 1. The molecule has 3 aromatic rings. The SMILES string of the molecule is O=C(COc1ccc(Cl)c2cccnc12)NCc1cccs1. The minimum atomic E-state index is -0.174. The average Bonchev–Trinajstić information content (AvgIpc) is 3.06. The van der Waals surface area contributed by atoms with Gasteiger partial charge in [-0.05, 0) is 35.7 Å². The van der Waals surface area contributed by atoms with Gasteiger partial charge in [0.15, 0.2) is 6.61 Å². The highest BCUT2D eigenvalue weighted by Gasteiger charge is 2.09. The molecule has 0 saturated carbocycles. The second-order valence-electron chi connectivity index (χ2n) is 4.59. The van der Waals surface area contributed by atoms with E-state index in [4.69, 9.17) is 16.3 Å². The zero-order chi connectivity index (χ0) is 15.4. The van der Waals surface area contributed by atoms with E-state index in [2.05, 4.69) is 10.3 Å². The van der Waals surface area contributed by atoms with Crippen molar-refractivity contribution in [2.24, 2.45) is 0 Å². The number of nitrogens with zero attached hydrogens (tertiary/aromatic N) is 1. The van der Waals surface area contributed by atoms with Crippen LogP contribution in [0.25, 0.3) is 10.9 Å². The number of benzene rings is 1. The van der Waals surface area contributed by atoms with Crippen molar-refractivity contribution in [2.45, 2.75) is 6.54 Å². The van der Waals surface area contributed by atoms with Crippen molar-refractivity contribution >= 4 is 39.7 Å². The Labute approximate surface area is 136 Å². The number of hydrogen-bond donors (Lipinski definition) is 1. The lowest BCUT2D eigenvalue weighted by atomic mass is 10.2. The van der Waals surface area contributed by atoms with Crippen molar-refractivity contribution in [3.63, 3.8) is 0 Å². The Bertz CT molecular complexity index is 790. The third kappa shape index (κ3) is 3.37. The molecule has 6 heteroatoms. The molecule has 3 rings (SSSR count). The number of fused-ring (bicyclic) bond motifs is 1. The lowest BCUT2D eigenvalue weighted by Crippen LogP contribution is -2.28. The van der Waals surface area contributed by atoms with Gasteiger partial charge in [0.2, 0.25) is 0 Å². The molecule has 2 aromatic heterocycles. The highest BCUT2D eigenvalue weighted by molar-refractivity contribution is 7.09. The van der Waals surface area contributed by atoms with E-state index in [9.17, 15) is 4.79 Å². The topological polar surface area (TPSA) is 51.2 Å². The van der Waals surface area contributed by atoms with E-state index in [1.54, 1.807) is 29.7 Å². The largest absolute Gasteiger partial charge is 0.481 e. The molecule has 1 N–H and O–H groups in total. The Morgan fingerprint density at radius 1 is 1.27 bits per heavy atom. The number of halogens is 1. The van der Waals surface area contributed by atoms with Crippen molar-refractivity contribution in [3.05, 3.63) is 57.9 Å². The van der Waals surface area contributed by atoms with Crippen LogP contribution in [0.4, 0.5) is 0 Å². The van der Waals surface area contributed by atoms with Gasteiger partial charge in [-0.25, -0.2) is 0 Å². The van der Waals surface area contributed by atoms with Crippen LogP contribution in [0.1, 0.15) is 4.88 Å². The summed E-state index contributed by atoms with van der Waals surface area (Å²) in [7, 11) is 0. The Morgan fingerprint density at radius 3 is 3.00 bits per heavy atom. The number of pyridine rings is 1. The summed E-state index contributed by atoms with van der Waals surface area (Å²) in [6.07, 6.45) is 1.67. The lowest BCUT2D eigenvalue weighted by Gasteiger charge is -2.09. The summed E-state index contributed by atoms with van der Waals surface area (Å²) in [6, 6.07) is 11.1. The fourth-order valence-corrected chi connectivity index (χ4v) is 2.88. The number of thiophene rings is 1. The normalized spacial score (nSPS) is 10.6. The van der Waals surface area contributed by atoms with Crippen LogP contribution < -0.4 is 10.1 Å². The van der Waals surface area contributed by atoms with Crippen LogP contribution in [0.3, 0.4) is 0 Å². The number of carbonyl (C=O) groups is 1. The van der Waals surface area contributed by atoms with Gasteiger partial charge in [-0.2, -0.15) is 0 Å². The van der Waals surface area contributed by atoms with Crippen molar-refractivity contribution in [1.29, 1.82) is 0 Å². The fourth-order valence-electron chi connectivity index (χ4n) is 2.02. The number of hydrogen-bond acceptors (Lipinski definition) is 4. The van der Waals surface area contributed by atoms with E-state index in [-0.39, 0.29) is 12.5 Å². The predicted octanol–water partition coefficient (Wildman–Crippen LogP) is 3.64. The molecule has 0 aliphatic heterocycles. The molecule has 0 fully saturated rings. The molecule has 0 atom stereocenters. The first-order chi connectivity index (χ1) is 10.7. The van der Waals surface area contributed by atoms with Gasteiger partial charge in [-0.1, -0.05) is 17.7 Å². The molecule has 0 radical (unpaired) electrons. The molecule has 2 heterocycles. The van der Waals surface area contributed by atoms with Crippen LogP contribution in [0.5, 0.6) is 5.75 Å². The van der Waals surface area contributed by atoms with E-state index in [1.807, 2.05) is 29.6 Å². The maximum Gasteiger partial charge on any atom is 0.258 e. The fraction of sp³-hybridized carbons (Fsp3) is 0.125. The molecule has 0 spiro atoms. The number of aromatic nitrogens is 1. The first-order valence-electron chi connectivity index (χ1n) is 6.69. The number of nitrogens with one attached hydrogen (secondary N) is 1. The summed E-state index contributed by atoms with van der Waals surface area (Å²) < 4.78 is 5.58. The van der Waals surface area contributed by atoms with Crippen molar-refractivity contribution in [1.82, 2.24) is 10.3 Å². The molecule has 0 unspecified atom stereocenters. The Hall–Kier alpha value is -2.11. The Balaban J connectivity index is 1.64. The molecular weight excluding hydrogens is 320 g/mol. The van der Waals surface area contributed by atoms with Gasteiger partial charge >= 0.3 is 0 Å². The monoisotopic (exact) mass is 332 g/mol. The molecule has 4 nitrogen and oxygen atoms in total. The summed E-state index contributed by atoms with van der Waals surface area (Å²) in [5, 5.41) is 6.21. The van der Waals surface area contributed by atoms with Crippen LogP contribution in [0.2, 0.25) is 5.02 Å². The summed E-state index contributed by atoms with van der Waals surface area (Å²) in [5.41, 5.74) is 0.654. The van der Waals surface area contributed by atoms with E-state index in [1.165, 1.54) is 0 Å². The molecule has 1 aromatic carbocycles. The van der Waals surface area contributed by atoms with E-state index in [0.29, 0.717) is 22.8 Å². The molecule has 112 valence electrons. The quantitative estimate of drug-likeness (QED) is 0.776. The van der Waals surface area contributed by atoms with E-state index in [0.717, 1.165) is 10.3 Å². The first-order valence-corrected chi connectivity index (χ1v) is 7.95. The smallest absolute Gasteiger partial charge is 0.258 e. The minimum Gasteiger partial charge on any atom is -0.481 e. The molecule has 1 amide bonds. The van der Waals surface area contributed by atoms with Crippen molar-refractivity contribution in [2.75, 3.05) is 6.61 Å². The molecule has 0 bridgehead atoms. The summed E-state index contributed by atoms with van der Waals surface area (Å²) in [6.45, 7) is 0.457. The first kappa shape index (κ1) is 14.8. The van der Waals surface area contributed by atoms with E-state index >= 15 is 0 Å². The second kappa shape index (κ2) is 6.77. The van der Waals surface area contributed by atoms with Crippen LogP contribution in [0, 0.1) is 0 Å². The van der Waals surface area contributed by atoms with Gasteiger partial charge in [0, 0.05) is 16.5 Å². The van der Waals surface area contributed by atoms with Gasteiger partial charge in [0.05, 0.1) is 11.6 Å². The molecule has 0 saturated heterocycles. The number of amides is 1. The van der Waals surface area contributed by atoms with Gasteiger partial charge in [-0.3, -0.25) is 9.78 Å². The highest BCUT2D eigenvalue weighted by atomic mass is 35.5. The van der Waals surface area contributed by atoms with Gasteiger partial charge in [0.25, 0.3) is 5.91 Å². The average molecular weight is 333 g/mol. The highest BCUT2D eigenvalue weighted by Crippen LogP contribution is 2.29. The molecule has 0 aliphatic carbocycles. The maximum absolute atomic E-state index is 11.8. The summed E-state index contributed by atoms with van der Waals surface area (Å²) in [5.74, 6) is 0.374. The lowest BCUT2D eigenvalue weighted by molar-refractivity contribution is -0.123. The summed E-state index contributed by atoms with van der Waals surface area (Å²) in [4.78, 5) is 17.2. The zero-order valence-corrected chi connectivity index (χ0v) is 13.2. The van der Waals surface area contributed by atoms with Crippen LogP contribution >= 0.6 is 22.9 Å². The van der Waals surface area contributed by atoms with Crippen LogP contribution in [-0.2, 0) is 11.3 Å². The maximum atomic E-state index is 11.8. The predicted molar refractivity (Wildman–Crippen MR) is 88.4 cm³/mol. The number of carbonyl (C=O) groups excluding carboxylic acids is 1. The van der Waals surface area contributed by atoms with Gasteiger partial charge in [-0.15, -0.1) is 11.3 Å². The van der Waals surface area contributed by atoms with E-state index < -0.39 is 0 Å².